The van der Waals surface area contributed by atoms with Crippen molar-refractivity contribution in [1.29, 1.82) is 0 Å². The summed E-state index contributed by atoms with van der Waals surface area (Å²) in [5.74, 6) is 0.426. The van der Waals surface area contributed by atoms with Crippen molar-refractivity contribution in [3.8, 4) is 5.75 Å². The summed E-state index contributed by atoms with van der Waals surface area (Å²) in [6.45, 7) is 5.05. The lowest BCUT2D eigenvalue weighted by Gasteiger charge is -2.09. The number of hydrogen-bond donors (Lipinski definition) is 1. The van der Waals surface area contributed by atoms with Crippen LogP contribution in [0.1, 0.15) is 38.4 Å². The van der Waals surface area contributed by atoms with Gasteiger partial charge in [-0.05, 0) is 55.3 Å². The minimum atomic E-state index is -0.274. The van der Waals surface area contributed by atoms with Gasteiger partial charge in [-0.2, -0.15) is 10.2 Å². The molecule has 0 radical (unpaired) electrons. The van der Waals surface area contributed by atoms with Gasteiger partial charge in [-0.25, -0.2) is 5.43 Å². The number of carbonyl (C=O) groups excluding carboxylic acids is 1. The number of carbonyl (C=O) groups is 1. The second kappa shape index (κ2) is 10.4. The van der Waals surface area contributed by atoms with E-state index in [9.17, 15) is 4.79 Å². The van der Waals surface area contributed by atoms with Crippen LogP contribution in [0.2, 0.25) is 0 Å². The Labute approximate surface area is 193 Å². The number of nitrogens with one attached hydrogen (secondary N) is 1. The first kappa shape index (κ1) is 22.0. The Morgan fingerprint density at radius 2 is 1.73 bits per heavy atom. The molecule has 1 aromatic heterocycles. The second-order valence-electron chi connectivity index (χ2n) is 7.80. The molecule has 4 rings (SSSR count). The molecule has 0 unspecified atom stereocenters. The molecule has 33 heavy (non-hydrogen) atoms. The minimum absolute atomic E-state index is 0.274. The van der Waals surface area contributed by atoms with Gasteiger partial charge in [0.15, 0.2) is 0 Å². The standard InChI is InChI=1S/C27H26N4O2/c1-20-15-21(2)31(30-20)18-23-11-8-13-24(16-23)27(32)29-28-17-25-12-6-7-14-26(25)33-19-22-9-4-3-5-10-22/h3-17H,18-19H2,1-2H3,(H,29,32)/b28-17-. The topological polar surface area (TPSA) is 68.5 Å². The first-order valence-corrected chi connectivity index (χ1v) is 10.8. The maximum atomic E-state index is 12.6. The van der Waals surface area contributed by atoms with Gasteiger partial charge in [0, 0.05) is 16.8 Å². The molecule has 1 N–H and O–H groups in total. The number of aryl methyl sites for hydroxylation is 2. The molecule has 0 aliphatic carbocycles. The second-order valence-corrected chi connectivity index (χ2v) is 7.80. The lowest BCUT2D eigenvalue weighted by molar-refractivity contribution is 0.0955. The summed E-state index contributed by atoms with van der Waals surface area (Å²) in [4.78, 5) is 12.6. The summed E-state index contributed by atoms with van der Waals surface area (Å²) >= 11 is 0. The Bertz CT molecular complexity index is 1260. The first-order valence-electron chi connectivity index (χ1n) is 10.8. The fourth-order valence-corrected chi connectivity index (χ4v) is 3.50. The van der Waals surface area contributed by atoms with E-state index in [2.05, 4.69) is 15.6 Å². The highest BCUT2D eigenvalue weighted by atomic mass is 16.5. The van der Waals surface area contributed by atoms with Crippen LogP contribution in [0.25, 0.3) is 0 Å². The maximum absolute atomic E-state index is 12.6. The van der Waals surface area contributed by atoms with Crippen molar-refractivity contribution in [2.24, 2.45) is 5.10 Å². The lowest BCUT2D eigenvalue weighted by atomic mass is 10.1. The fraction of sp³-hybridized carbons (Fsp3) is 0.148. The highest BCUT2D eigenvalue weighted by Gasteiger charge is 2.08. The van der Waals surface area contributed by atoms with E-state index in [0.717, 1.165) is 28.1 Å². The van der Waals surface area contributed by atoms with Gasteiger partial charge >= 0.3 is 0 Å². The summed E-state index contributed by atoms with van der Waals surface area (Å²) in [5, 5.41) is 8.63. The van der Waals surface area contributed by atoms with E-state index in [4.69, 9.17) is 4.74 Å². The van der Waals surface area contributed by atoms with E-state index >= 15 is 0 Å². The number of rotatable bonds is 8. The van der Waals surface area contributed by atoms with Crippen LogP contribution in [-0.2, 0) is 13.2 Å². The molecule has 0 fully saturated rings. The molecule has 6 nitrogen and oxygen atoms in total. The molecule has 0 saturated carbocycles. The molecule has 1 amide bonds. The zero-order valence-electron chi connectivity index (χ0n) is 18.7. The summed E-state index contributed by atoms with van der Waals surface area (Å²) in [6.07, 6.45) is 1.60. The van der Waals surface area contributed by atoms with Crippen molar-refractivity contribution in [2.45, 2.75) is 27.0 Å². The van der Waals surface area contributed by atoms with Crippen LogP contribution in [0.3, 0.4) is 0 Å². The van der Waals surface area contributed by atoms with Crippen molar-refractivity contribution in [2.75, 3.05) is 0 Å². The minimum Gasteiger partial charge on any atom is -0.488 e. The molecule has 166 valence electrons. The van der Waals surface area contributed by atoms with Gasteiger partial charge in [-0.1, -0.05) is 54.6 Å². The third-order valence-electron chi connectivity index (χ3n) is 5.15. The third kappa shape index (κ3) is 5.95. The molecule has 0 atom stereocenters. The number of hydrazone groups is 1. The lowest BCUT2D eigenvalue weighted by Crippen LogP contribution is -2.18. The third-order valence-corrected chi connectivity index (χ3v) is 5.15. The number of nitrogens with zero attached hydrogens (tertiary/aromatic N) is 3. The van der Waals surface area contributed by atoms with Crippen LogP contribution in [0, 0.1) is 13.8 Å². The van der Waals surface area contributed by atoms with Crippen molar-refractivity contribution in [3.05, 3.63) is 119 Å². The summed E-state index contributed by atoms with van der Waals surface area (Å²) in [5.41, 5.74) is 8.07. The average Bonchev–Trinajstić information content (AvgIpc) is 3.15. The van der Waals surface area contributed by atoms with Crippen LogP contribution in [0.4, 0.5) is 0 Å². The fourth-order valence-electron chi connectivity index (χ4n) is 3.50. The van der Waals surface area contributed by atoms with Crippen molar-refractivity contribution in [3.63, 3.8) is 0 Å². The monoisotopic (exact) mass is 438 g/mol. The SMILES string of the molecule is Cc1cc(C)n(Cc2cccc(C(=O)N/N=C\c3ccccc3OCc3ccccc3)c2)n1. The van der Waals surface area contributed by atoms with Gasteiger partial charge in [0.05, 0.1) is 18.5 Å². The Morgan fingerprint density at radius 3 is 2.52 bits per heavy atom. The smallest absolute Gasteiger partial charge is 0.271 e. The van der Waals surface area contributed by atoms with Crippen molar-refractivity contribution >= 4 is 12.1 Å². The Kier molecular flexibility index (Phi) is 6.95. The molecule has 0 saturated heterocycles. The van der Waals surface area contributed by atoms with Crippen LogP contribution in [-0.4, -0.2) is 21.9 Å². The number of para-hydroxylation sites is 1. The van der Waals surface area contributed by atoms with Crippen LogP contribution in [0.15, 0.2) is 90.0 Å². The number of ether oxygens (including phenoxy) is 1. The largest absolute Gasteiger partial charge is 0.488 e. The summed E-state index contributed by atoms with van der Waals surface area (Å²) in [7, 11) is 0. The van der Waals surface area contributed by atoms with Crippen molar-refractivity contribution in [1.82, 2.24) is 15.2 Å². The molecule has 6 heteroatoms. The van der Waals surface area contributed by atoms with Gasteiger partial charge in [0.1, 0.15) is 12.4 Å². The molecule has 0 spiro atoms. The van der Waals surface area contributed by atoms with E-state index in [1.54, 1.807) is 12.3 Å². The molecular weight excluding hydrogens is 412 g/mol. The van der Waals surface area contributed by atoms with Gasteiger partial charge in [-0.15, -0.1) is 0 Å². The zero-order chi connectivity index (χ0) is 23.0. The molecular formula is C27H26N4O2. The zero-order valence-corrected chi connectivity index (χ0v) is 18.7. The molecule has 0 aliphatic rings. The number of hydrogen-bond acceptors (Lipinski definition) is 4. The Balaban J connectivity index is 1.39. The molecule has 0 aliphatic heterocycles. The number of aromatic nitrogens is 2. The highest BCUT2D eigenvalue weighted by Crippen LogP contribution is 2.17. The van der Waals surface area contributed by atoms with E-state index in [1.807, 2.05) is 97.4 Å². The first-order chi connectivity index (χ1) is 16.1. The van der Waals surface area contributed by atoms with Crippen LogP contribution >= 0.6 is 0 Å². The van der Waals surface area contributed by atoms with E-state index in [-0.39, 0.29) is 5.91 Å². The predicted octanol–water partition coefficient (Wildman–Crippen LogP) is 4.89. The quantitative estimate of drug-likeness (QED) is 0.315. The van der Waals surface area contributed by atoms with Gasteiger partial charge in [0.2, 0.25) is 0 Å². The van der Waals surface area contributed by atoms with Gasteiger partial charge in [-0.3, -0.25) is 9.48 Å². The number of benzene rings is 3. The molecule has 0 bridgehead atoms. The Morgan fingerprint density at radius 1 is 0.970 bits per heavy atom. The average molecular weight is 439 g/mol. The van der Waals surface area contributed by atoms with E-state index < -0.39 is 0 Å². The molecule has 4 aromatic rings. The maximum Gasteiger partial charge on any atom is 0.271 e. The van der Waals surface area contributed by atoms with Crippen LogP contribution < -0.4 is 10.2 Å². The van der Waals surface area contributed by atoms with Gasteiger partial charge < -0.3 is 4.74 Å². The van der Waals surface area contributed by atoms with Crippen LogP contribution in [0.5, 0.6) is 5.75 Å². The van der Waals surface area contributed by atoms with E-state index in [0.29, 0.717) is 24.5 Å². The van der Waals surface area contributed by atoms with E-state index in [1.165, 1.54) is 0 Å². The highest BCUT2D eigenvalue weighted by molar-refractivity contribution is 5.95. The van der Waals surface area contributed by atoms with Gasteiger partial charge in [0.25, 0.3) is 5.91 Å². The number of amides is 1. The normalized spacial score (nSPS) is 11.0. The predicted molar refractivity (Wildman–Crippen MR) is 130 cm³/mol. The molecule has 1 heterocycles. The summed E-state index contributed by atoms with van der Waals surface area (Å²) in [6, 6.07) is 27.1. The molecule has 3 aromatic carbocycles. The van der Waals surface area contributed by atoms with Crippen molar-refractivity contribution < 1.29 is 9.53 Å². The summed E-state index contributed by atoms with van der Waals surface area (Å²) < 4.78 is 7.86. The Hall–Kier alpha value is -4.19.